The van der Waals surface area contributed by atoms with E-state index in [1.165, 1.54) is 14.2 Å². The molecule has 0 saturated carbocycles. The molecule has 0 N–H and O–H groups in total. The van der Waals surface area contributed by atoms with Gasteiger partial charge in [-0.15, -0.1) is 0 Å². The van der Waals surface area contributed by atoms with Crippen molar-refractivity contribution in [3.05, 3.63) is 59.1 Å². The highest BCUT2D eigenvalue weighted by atomic mass is 35.5. The fourth-order valence-electron chi connectivity index (χ4n) is 2.00. The van der Waals surface area contributed by atoms with E-state index in [4.69, 9.17) is 20.6 Å². The lowest BCUT2D eigenvalue weighted by atomic mass is 10.0. The highest BCUT2D eigenvalue weighted by molar-refractivity contribution is 7.53. The lowest BCUT2D eigenvalue weighted by Crippen LogP contribution is -1.97. The van der Waals surface area contributed by atoms with Crippen molar-refractivity contribution in [2.24, 2.45) is 0 Å². The van der Waals surface area contributed by atoms with Gasteiger partial charge in [-0.2, -0.15) is 0 Å². The molecule has 3 nitrogen and oxygen atoms in total. The lowest BCUT2D eigenvalue weighted by molar-refractivity contribution is 0.275. The van der Waals surface area contributed by atoms with Crippen molar-refractivity contribution in [3.63, 3.8) is 0 Å². The summed E-state index contributed by atoms with van der Waals surface area (Å²) in [4.78, 5) is 0. The number of halogens is 1. The molecule has 2 rings (SSSR count). The molecule has 0 radical (unpaired) electrons. The van der Waals surface area contributed by atoms with Crippen LogP contribution in [0.15, 0.2) is 48.5 Å². The predicted molar refractivity (Wildman–Crippen MR) is 82.2 cm³/mol. The molecule has 2 aromatic rings. The van der Waals surface area contributed by atoms with Gasteiger partial charge in [-0.3, -0.25) is 4.57 Å². The van der Waals surface area contributed by atoms with Crippen LogP contribution in [0, 0.1) is 0 Å². The lowest BCUT2D eigenvalue weighted by Gasteiger charge is -2.17. The number of hydrogen-bond acceptors (Lipinski definition) is 3. The Bertz CT molecular complexity index is 620. The SMILES string of the molecule is COP(=O)(Cc1c(Cl)cccc1-c1ccccc1)OC. The standard InChI is InChI=1S/C15H16ClO3P/c1-18-20(17,19-2)11-14-13(9-6-10-15(14)16)12-7-4-3-5-8-12/h3-10H,11H2,1-2H3. The molecule has 0 unspecified atom stereocenters. The molecule has 0 amide bonds. The zero-order valence-corrected chi connectivity index (χ0v) is 13.0. The second-order valence-corrected chi connectivity index (χ2v) is 6.94. The molecule has 0 atom stereocenters. The normalized spacial score (nSPS) is 11.6. The first kappa shape index (κ1) is 15.3. The third kappa shape index (κ3) is 3.31. The summed E-state index contributed by atoms with van der Waals surface area (Å²) < 4.78 is 22.4. The number of hydrogen-bond donors (Lipinski definition) is 0. The van der Waals surface area contributed by atoms with Crippen LogP contribution in [0.1, 0.15) is 5.56 Å². The van der Waals surface area contributed by atoms with Crippen LogP contribution in [0.3, 0.4) is 0 Å². The minimum Gasteiger partial charge on any atom is -0.312 e. The maximum atomic E-state index is 12.4. The smallest absolute Gasteiger partial charge is 0.312 e. The van der Waals surface area contributed by atoms with E-state index in [0.717, 1.165) is 16.7 Å². The van der Waals surface area contributed by atoms with E-state index in [-0.39, 0.29) is 6.16 Å². The van der Waals surface area contributed by atoms with Crippen LogP contribution in [0.4, 0.5) is 0 Å². The summed E-state index contributed by atoms with van der Waals surface area (Å²) in [5, 5.41) is 0.556. The Morgan fingerprint density at radius 1 is 1.00 bits per heavy atom. The quantitative estimate of drug-likeness (QED) is 0.730. The molecule has 0 saturated heterocycles. The average Bonchev–Trinajstić information content (AvgIpc) is 2.50. The van der Waals surface area contributed by atoms with Crippen LogP contribution in [0.25, 0.3) is 11.1 Å². The summed E-state index contributed by atoms with van der Waals surface area (Å²) in [5.74, 6) is 0. The van der Waals surface area contributed by atoms with Crippen LogP contribution < -0.4 is 0 Å². The Morgan fingerprint density at radius 3 is 2.25 bits per heavy atom. The second kappa shape index (κ2) is 6.55. The second-order valence-electron chi connectivity index (χ2n) is 4.27. The van der Waals surface area contributed by atoms with Crippen molar-refractivity contribution in [1.82, 2.24) is 0 Å². The van der Waals surface area contributed by atoms with Crippen LogP contribution >= 0.6 is 19.2 Å². The molecule has 0 spiro atoms. The van der Waals surface area contributed by atoms with E-state index in [0.29, 0.717) is 5.02 Å². The highest BCUT2D eigenvalue weighted by Gasteiger charge is 2.25. The molecule has 0 aliphatic rings. The molecule has 0 aliphatic heterocycles. The molecule has 0 fully saturated rings. The number of rotatable bonds is 5. The van der Waals surface area contributed by atoms with Gasteiger partial charge < -0.3 is 9.05 Å². The molecule has 106 valence electrons. The van der Waals surface area contributed by atoms with Gasteiger partial charge in [0.1, 0.15) is 0 Å². The Balaban J connectivity index is 2.50. The summed E-state index contributed by atoms with van der Waals surface area (Å²) in [7, 11) is -0.405. The van der Waals surface area contributed by atoms with E-state index >= 15 is 0 Å². The summed E-state index contributed by atoms with van der Waals surface area (Å²) in [5.41, 5.74) is 2.73. The Kier molecular flexibility index (Phi) is 5.00. The summed E-state index contributed by atoms with van der Waals surface area (Å²) in [6.07, 6.45) is 0.143. The highest BCUT2D eigenvalue weighted by Crippen LogP contribution is 2.52. The van der Waals surface area contributed by atoms with Gasteiger partial charge in [-0.1, -0.05) is 54.1 Å². The van der Waals surface area contributed by atoms with Crippen molar-refractivity contribution in [2.45, 2.75) is 6.16 Å². The Labute approximate surface area is 124 Å². The van der Waals surface area contributed by atoms with Gasteiger partial charge in [0.15, 0.2) is 0 Å². The molecule has 2 aromatic carbocycles. The molecule has 0 bridgehead atoms. The molecule has 5 heteroatoms. The topological polar surface area (TPSA) is 35.5 Å². The average molecular weight is 311 g/mol. The van der Waals surface area contributed by atoms with Gasteiger partial charge in [0.2, 0.25) is 0 Å². The van der Waals surface area contributed by atoms with Gasteiger partial charge >= 0.3 is 7.60 Å². The molecule has 20 heavy (non-hydrogen) atoms. The van der Waals surface area contributed by atoms with E-state index in [9.17, 15) is 4.57 Å². The minimum atomic E-state index is -3.16. The van der Waals surface area contributed by atoms with Crippen molar-refractivity contribution in [3.8, 4) is 11.1 Å². The molecular formula is C15H16ClO3P. The maximum absolute atomic E-state index is 12.4. The van der Waals surface area contributed by atoms with E-state index in [1.807, 2.05) is 42.5 Å². The molecule has 0 aliphatic carbocycles. The summed E-state index contributed by atoms with van der Waals surface area (Å²) in [6.45, 7) is 0. The van der Waals surface area contributed by atoms with Crippen molar-refractivity contribution in [1.29, 1.82) is 0 Å². The Hall–Kier alpha value is -1.12. The summed E-state index contributed by atoms with van der Waals surface area (Å²) >= 11 is 6.27. The predicted octanol–water partition coefficient (Wildman–Crippen LogP) is 4.99. The monoisotopic (exact) mass is 310 g/mol. The van der Waals surface area contributed by atoms with Crippen LogP contribution in [-0.2, 0) is 19.8 Å². The van der Waals surface area contributed by atoms with Crippen LogP contribution in [0.5, 0.6) is 0 Å². The minimum absolute atomic E-state index is 0.143. The third-order valence-corrected chi connectivity index (χ3v) is 5.28. The largest absolute Gasteiger partial charge is 0.334 e. The van der Waals surface area contributed by atoms with E-state index < -0.39 is 7.60 Å². The van der Waals surface area contributed by atoms with Crippen molar-refractivity contribution < 1.29 is 13.6 Å². The van der Waals surface area contributed by atoms with Gasteiger partial charge in [0.25, 0.3) is 0 Å². The van der Waals surface area contributed by atoms with Gasteiger partial charge in [0.05, 0.1) is 6.16 Å². The Morgan fingerprint density at radius 2 is 1.65 bits per heavy atom. The zero-order chi connectivity index (χ0) is 14.6. The van der Waals surface area contributed by atoms with Crippen molar-refractivity contribution >= 4 is 19.2 Å². The maximum Gasteiger partial charge on any atom is 0.334 e. The molecule has 0 aromatic heterocycles. The van der Waals surface area contributed by atoms with Gasteiger partial charge in [-0.05, 0) is 22.8 Å². The molecule has 0 heterocycles. The van der Waals surface area contributed by atoms with E-state index in [1.54, 1.807) is 6.07 Å². The van der Waals surface area contributed by atoms with Crippen molar-refractivity contribution in [2.75, 3.05) is 14.2 Å². The van der Waals surface area contributed by atoms with E-state index in [2.05, 4.69) is 0 Å². The first-order valence-electron chi connectivity index (χ1n) is 6.13. The third-order valence-electron chi connectivity index (χ3n) is 3.11. The van der Waals surface area contributed by atoms with Gasteiger partial charge in [-0.25, -0.2) is 0 Å². The first-order chi connectivity index (χ1) is 9.59. The zero-order valence-electron chi connectivity index (χ0n) is 11.4. The first-order valence-corrected chi connectivity index (χ1v) is 8.23. The van der Waals surface area contributed by atoms with Gasteiger partial charge in [0, 0.05) is 19.2 Å². The molecular weight excluding hydrogens is 295 g/mol. The summed E-state index contributed by atoms with van der Waals surface area (Å²) in [6, 6.07) is 15.4. The van der Waals surface area contributed by atoms with Crippen LogP contribution in [-0.4, -0.2) is 14.2 Å². The number of benzene rings is 2. The fourth-order valence-corrected chi connectivity index (χ4v) is 3.47. The fraction of sp³-hybridized carbons (Fsp3) is 0.200. The van der Waals surface area contributed by atoms with Crippen LogP contribution in [0.2, 0.25) is 5.02 Å².